The average Bonchev–Trinajstić information content (AvgIpc) is 1.68. The van der Waals surface area contributed by atoms with Gasteiger partial charge in [-0.3, -0.25) is 0 Å². The molecule has 0 fully saturated rings. The van der Waals surface area contributed by atoms with E-state index < -0.39 is 0 Å². The maximum Gasteiger partial charge on any atom is 0.0930 e. The minimum absolute atomic E-state index is 0.627. The summed E-state index contributed by atoms with van der Waals surface area (Å²) in [6.07, 6.45) is 3.37. The molecule has 0 amide bonds. The van der Waals surface area contributed by atoms with E-state index in [-0.39, 0.29) is 0 Å². The Bertz CT molecular complexity index is 35.2. The fraction of sp³-hybridized carbons (Fsp3) is 0.833. The molecule has 1 radical (unpaired) electrons. The van der Waals surface area contributed by atoms with Crippen molar-refractivity contribution in [2.45, 2.75) is 33.1 Å². The minimum Gasteiger partial charge on any atom is -0.387 e. The van der Waals surface area contributed by atoms with Gasteiger partial charge in [0.15, 0.2) is 0 Å². The van der Waals surface area contributed by atoms with Crippen LogP contribution in [0.15, 0.2) is 0 Å². The maximum absolute atomic E-state index is 8.77. The Hall–Kier alpha value is -0.0400. The number of aliphatic hydroxyl groups excluding tert-OH is 1. The largest absolute Gasteiger partial charge is 0.387 e. The zero-order chi connectivity index (χ0) is 5.70. The topological polar surface area (TPSA) is 20.2 Å². The van der Waals surface area contributed by atoms with E-state index in [1.54, 1.807) is 0 Å². The molecule has 1 nitrogen and oxygen atoms in total. The summed E-state index contributed by atoms with van der Waals surface area (Å²) in [5, 5.41) is 8.77. The first-order chi connectivity index (χ1) is 3.31. The Kier molecular flexibility index (Phi) is 4.10. The van der Waals surface area contributed by atoms with Gasteiger partial charge in [0, 0.05) is 0 Å². The van der Waals surface area contributed by atoms with Crippen LogP contribution < -0.4 is 0 Å². The van der Waals surface area contributed by atoms with Crippen molar-refractivity contribution in [3.63, 3.8) is 0 Å². The molecule has 0 saturated carbocycles. The van der Waals surface area contributed by atoms with Gasteiger partial charge in [-0.2, -0.15) is 0 Å². The zero-order valence-corrected chi connectivity index (χ0v) is 5.07. The van der Waals surface area contributed by atoms with E-state index in [0.29, 0.717) is 6.10 Å². The van der Waals surface area contributed by atoms with E-state index in [0.717, 1.165) is 19.3 Å². The quantitative estimate of drug-likeness (QED) is 0.577. The molecule has 0 unspecified atom stereocenters. The summed E-state index contributed by atoms with van der Waals surface area (Å²) in [7, 11) is 0. The third kappa shape index (κ3) is 3.80. The van der Waals surface area contributed by atoms with Crippen LogP contribution in [-0.2, 0) is 0 Å². The van der Waals surface area contributed by atoms with Crippen LogP contribution in [0.4, 0.5) is 0 Å². The summed E-state index contributed by atoms with van der Waals surface area (Å²) in [5.41, 5.74) is 0. The van der Waals surface area contributed by atoms with Gasteiger partial charge in [-0.25, -0.2) is 0 Å². The van der Waals surface area contributed by atoms with Crippen LogP contribution in [0.3, 0.4) is 0 Å². The van der Waals surface area contributed by atoms with Gasteiger partial charge in [-0.1, -0.05) is 20.3 Å². The Labute approximate surface area is 45.4 Å². The molecule has 0 rings (SSSR count). The molecule has 1 N–H and O–H groups in total. The zero-order valence-electron chi connectivity index (χ0n) is 5.07. The molecule has 0 aromatic heterocycles. The lowest BCUT2D eigenvalue weighted by Crippen LogP contribution is -1.90. The molecular formula is C6H13O. The van der Waals surface area contributed by atoms with E-state index in [4.69, 9.17) is 5.11 Å². The van der Waals surface area contributed by atoms with Gasteiger partial charge in [-0.15, -0.1) is 0 Å². The van der Waals surface area contributed by atoms with Gasteiger partial charge in [0.2, 0.25) is 0 Å². The van der Waals surface area contributed by atoms with E-state index in [9.17, 15) is 0 Å². The smallest absolute Gasteiger partial charge is 0.0930 e. The lowest BCUT2D eigenvalue weighted by atomic mass is 10.2. The van der Waals surface area contributed by atoms with E-state index >= 15 is 0 Å². The fourth-order valence-corrected chi connectivity index (χ4v) is 0.465. The van der Waals surface area contributed by atoms with Crippen molar-refractivity contribution in [3.05, 3.63) is 6.10 Å². The predicted molar refractivity (Wildman–Crippen MR) is 30.4 cm³/mol. The predicted octanol–water partition coefficient (Wildman–Crippen LogP) is 2.10. The van der Waals surface area contributed by atoms with Crippen molar-refractivity contribution in [3.8, 4) is 0 Å². The summed E-state index contributed by atoms with van der Waals surface area (Å²) in [6.45, 7) is 4.02. The van der Waals surface area contributed by atoms with Gasteiger partial charge < -0.3 is 5.11 Å². The van der Waals surface area contributed by atoms with Crippen molar-refractivity contribution in [2.24, 2.45) is 0 Å². The second-order valence-corrected chi connectivity index (χ2v) is 1.67. The lowest BCUT2D eigenvalue weighted by Gasteiger charge is -2.00. The van der Waals surface area contributed by atoms with E-state index in [2.05, 4.69) is 6.92 Å². The molecule has 0 saturated heterocycles. The van der Waals surface area contributed by atoms with Crippen LogP contribution in [-0.4, -0.2) is 5.11 Å². The number of hydrogen-bond donors (Lipinski definition) is 1. The molecule has 1 heteroatoms. The third-order valence-electron chi connectivity index (χ3n) is 0.947. The third-order valence-corrected chi connectivity index (χ3v) is 0.947. The Morgan fingerprint density at radius 1 is 1.43 bits per heavy atom. The normalized spacial score (nSPS) is 10.3. The molecule has 0 atom stereocenters. The van der Waals surface area contributed by atoms with Gasteiger partial charge >= 0.3 is 0 Å². The monoisotopic (exact) mass is 101 g/mol. The number of rotatable bonds is 3. The first-order valence-corrected chi connectivity index (χ1v) is 2.84. The van der Waals surface area contributed by atoms with Crippen molar-refractivity contribution in [1.29, 1.82) is 0 Å². The van der Waals surface area contributed by atoms with Crippen molar-refractivity contribution >= 4 is 0 Å². The Morgan fingerprint density at radius 3 is 2.14 bits per heavy atom. The van der Waals surface area contributed by atoms with Crippen LogP contribution in [0, 0.1) is 6.10 Å². The van der Waals surface area contributed by atoms with Crippen LogP contribution in [0.25, 0.3) is 0 Å². The van der Waals surface area contributed by atoms with Gasteiger partial charge in [0.25, 0.3) is 0 Å². The molecule has 0 aliphatic heterocycles. The highest BCUT2D eigenvalue weighted by atomic mass is 16.3. The SMILES string of the molecule is CCC[C](O)CC. The molecule has 0 heterocycles. The molecular weight excluding hydrogens is 88.1 g/mol. The van der Waals surface area contributed by atoms with Gasteiger partial charge in [0.05, 0.1) is 6.10 Å². The van der Waals surface area contributed by atoms with Crippen molar-refractivity contribution < 1.29 is 5.11 Å². The lowest BCUT2D eigenvalue weighted by molar-refractivity contribution is 0.273. The molecule has 0 aliphatic rings. The summed E-state index contributed by atoms with van der Waals surface area (Å²) in [6, 6.07) is 0. The highest BCUT2D eigenvalue weighted by molar-refractivity contribution is 4.70. The average molecular weight is 101 g/mol. The fourth-order valence-electron chi connectivity index (χ4n) is 0.465. The van der Waals surface area contributed by atoms with Crippen LogP contribution >= 0.6 is 0 Å². The van der Waals surface area contributed by atoms with Crippen LogP contribution in [0.1, 0.15) is 33.1 Å². The second kappa shape index (κ2) is 4.13. The Morgan fingerprint density at radius 2 is 2.00 bits per heavy atom. The standard InChI is InChI=1S/C6H13O/c1-3-5-6(7)4-2/h7H,3-5H2,1-2H3. The van der Waals surface area contributed by atoms with Gasteiger partial charge in [0.1, 0.15) is 0 Å². The van der Waals surface area contributed by atoms with Crippen molar-refractivity contribution in [1.82, 2.24) is 0 Å². The van der Waals surface area contributed by atoms with E-state index in [1.807, 2.05) is 6.92 Å². The highest BCUT2D eigenvalue weighted by Crippen LogP contribution is 2.06. The number of aliphatic hydroxyl groups is 1. The molecule has 0 aliphatic carbocycles. The molecule has 0 bridgehead atoms. The summed E-state index contributed by atoms with van der Waals surface area (Å²) in [5.74, 6) is 0. The van der Waals surface area contributed by atoms with E-state index in [1.165, 1.54) is 0 Å². The molecule has 0 aromatic rings. The first-order valence-electron chi connectivity index (χ1n) is 2.84. The van der Waals surface area contributed by atoms with Crippen molar-refractivity contribution in [2.75, 3.05) is 0 Å². The molecule has 0 aromatic carbocycles. The first kappa shape index (κ1) is 6.96. The second-order valence-electron chi connectivity index (χ2n) is 1.67. The van der Waals surface area contributed by atoms with Crippen LogP contribution in [0.2, 0.25) is 0 Å². The maximum atomic E-state index is 8.77. The minimum atomic E-state index is 0.627. The number of hydrogen-bond acceptors (Lipinski definition) is 1. The van der Waals surface area contributed by atoms with Gasteiger partial charge in [-0.05, 0) is 12.8 Å². The Balaban J connectivity index is 2.83. The molecule has 43 valence electrons. The summed E-state index contributed by atoms with van der Waals surface area (Å²) >= 11 is 0. The summed E-state index contributed by atoms with van der Waals surface area (Å²) < 4.78 is 0. The summed E-state index contributed by atoms with van der Waals surface area (Å²) in [4.78, 5) is 0. The molecule has 7 heavy (non-hydrogen) atoms. The molecule has 0 spiro atoms. The highest BCUT2D eigenvalue weighted by Gasteiger charge is 1.96. The van der Waals surface area contributed by atoms with Crippen LogP contribution in [0.5, 0.6) is 0 Å².